The Bertz CT molecular complexity index is 253. The van der Waals surface area contributed by atoms with Gasteiger partial charge in [-0.05, 0) is 13.3 Å². The first-order chi connectivity index (χ1) is 7.04. The number of carbonyl (C=O) groups excluding carboxylic acids is 2. The van der Waals surface area contributed by atoms with Crippen LogP contribution in [0.1, 0.15) is 33.6 Å². The van der Waals surface area contributed by atoms with Crippen LogP contribution in [0, 0.1) is 0 Å². The Morgan fingerprint density at radius 3 is 2.73 bits per heavy atom. The van der Waals surface area contributed by atoms with Crippen molar-refractivity contribution in [2.24, 2.45) is 0 Å². The summed E-state index contributed by atoms with van der Waals surface area (Å²) in [6.45, 7) is 7.07. The third kappa shape index (κ3) is 3.30. The van der Waals surface area contributed by atoms with Crippen molar-refractivity contribution in [1.29, 1.82) is 0 Å². The minimum atomic E-state index is -0.00578. The van der Waals surface area contributed by atoms with Crippen molar-refractivity contribution < 1.29 is 9.59 Å². The van der Waals surface area contributed by atoms with E-state index in [0.717, 1.165) is 19.5 Å². The third-order valence-electron chi connectivity index (χ3n) is 2.99. The number of amides is 1. The Labute approximate surface area is 91.0 Å². The van der Waals surface area contributed by atoms with Gasteiger partial charge in [0.25, 0.3) is 0 Å². The smallest absolute Gasteiger partial charge is 0.217 e. The highest BCUT2D eigenvalue weighted by Crippen LogP contribution is 2.13. The summed E-state index contributed by atoms with van der Waals surface area (Å²) in [6, 6.07) is 0.211. The molecule has 0 bridgehead atoms. The van der Waals surface area contributed by atoms with Crippen LogP contribution in [0.4, 0.5) is 0 Å². The topological polar surface area (TPSA) is 49.4 Å². The highest BCUT2D eigenvalue weighted by molar-refractivity contribution is 5.83. The van der Waals surface area contributed by atoms with Gasteiger partial charge in [0.05, 0.1) is 6.04 Å². The molecule has 4 nitrogen and oxygen atoms in total. The Kier molecular flexibility index (Phi) is 4.27. The Hall–Kier alpha value is -0.900. The van der Waals surface area contributed by atoms with Gasteiger partial charge in [0.15, 0.2) is 0 Å². The molecule has 1 aliphatic heterocycles. The van der Waals surface area contributed by atoms with Crippen LogP contribution in [0.3, 0.4) is 0 Å². The molecular formula is C11H20N2O2. The SMILES string of the molecule is CCC(=O)C(C)N1CCC(NC(C)=O)C1. The fraction of sp³-hybridized carbons (Fsp3) is 0.818. The number of nitrogens with one attached hydrogen (secondary N) is 1. The lowest BCUT2D eigenvalue weighted by molar-refractivity contribution is -0.123. The van der Waals surface area contributed by atoms with E-state index in [4.69, 9.17) is 0 Å². The van der Waals surface area contributed by atoms with Crippen molar-refractivity contribution in [2.45, 2.75) is 45.7 Å². The van der Waals surface area contributed by atoms with Gasteiger partial charge in [0, 0.05) is 32.5 Å². The predicted octanol–water partition coefficient (Wildman–Crippen LogP) is 0.564. The lowest BCUT2D eigenvalue weighted by Gasteiger charge is -2.22. The van der Waals surface area contributed by atoms with Crippen LogP contribution in [-0.4, -0.2) is 41.8 Å². The molecule has 0 spiro atoms. The summed E-state index contributed by atoms with van der Waals surface area (Å²) >= 11 is 0. The first kappa shape index (κ1) is 12.2. The van der Waals surface area contributed by atoms with Crippen molar-refractivity contribution in [3.05, 3.63) is 0 Å². The zero-order valence-corrected chi connectivity index (χ0v) is 9.75. The maximum atomic E-state index is 11.5. The first-order valence-electron chi connectivity index (χ1n) is 5.58. The molecule has 0 aromatic carbocycles. The van der Waals surface area contributed by atoms with Gasteiger partial charge >= 0.3 is 0 Å². The molecule has 0 aliphatic carbocycles. The van der Waals surface area contributed by atoms with Gasteiger partial charge in [-0.1, -0.05) is 6.92 Å². The van der Waals surface area contributed by atoms with Gasteiger partial charge in [-0.2, -0.15) is 0 Å². The second kappa shape index (κ2) is 5.26. The van der Waals surface area contributed by atoms with Crippen LogP contribution in [0.15, 0.2) is 0 Å². The van der Waals surface area contributed by atoms with E-state index in [0.29, 0.717) is 6.42 Å². The van der Waals surface area contributed by atoms with Gasteiger partial charge in [-0.15, -0.1) is 0 Å². The standard InChI is InChI=1S/C11H20N2O2/c1-4-11(15)8(2)13-6-5-10(7-13)12-9(3)14/h8,10H,4-7H2,1-3H3,(H,12,14). The second-order valence-corrected chi connectivity index (χ2v) is 4.18. The van der Waals surface area contributed by atoms with Crippen LogP contribution in [-0.2, 0) is 9.59 Å². The average molecular weight is 212 g/mol. The van der Waals surface area contributed by atoms with Gasteiger partial charge < -0.3 is 5.32 Å². The van der Waals surface area contributed by atoms with Crippen molar-refractivity contribution in [2.75, 3.05) is 13.1 Å². The highest BCUT2D eigenvalue weighted by Gasteiger charge is 2.28. The zero-order chi connectivity index (χ0) is 11.4. The first-order valence-corrected chi connectivity index (χ1v) is 5.58. The number of ketones is 1. The highest BCUT2D eigenvalue weighted by atomic mass is 16.1. The molecule has 1 heterocycles. The number of carbonyl (C=O) groups is 2. The van der Waals surface area contributed by atoms with E-state index >= 15 is 0 Å². The van der Waals surface area contributed by atoms with Gasteiger partial charge in [0.2, 0.25) is 5.91 Å². The van der Waals surface area contributed by atoms with E-state index in [2.05, 4.69) is 10.2 Å². The summed E-state index contributed by atoms with van der Waals surface area (Å²) in [5, 5.41) is 2.89. The number of hydrogen-bond donors (Lipinski definition) is 1. The maximum absolute atomic E-state index is 11.5. The van der Waals surface area contributed by atoms with Gasteiger partial charge in [-0.25, -0.2) is 0 Å². The molecule has 0 radical (unpaired) electrons. The molecule has 2 unspecified atom stereocenters. The molecule has 2 atom stereocenters. The van der Waals surface area contributed by atoms with Crippen LogP contribution in [0.5, 0.6) is 0 Å². The molecule has 1 saturated heterocycles. The largest absolute Gasteiger partial charge is 0.352 e. The molecule has 15 heavy (non-hydrogen) atoms. The maximum Gasteiger partial charge on any atom is 0.217 e. The molecule has 0 aromatic rings. The minimum Gasteiger partial charge on any atom is -0.352 e. The average Bonchev–Trinajstić information content (AvgIpc) is 2.63. The van der Waals surface area contributed by atoms with E-state index in [1.165, 1.54) is 6.92 Å². The molecule has 1 amide bonds. The Morgan fingerprint density at radius 2 is 2.20 bits per heavy atom. The quantitative estimate of drug-likeness (QED) is 0.741. The van der Waals surface area contributed by atoms with Gasteiger partial charge in [0.1, 0.15) is 5.78 Å². The van der Waals surface area contributed by atoms with E-state index < -0.39 is 0 Å². The summed E-state index contributed by atoms with van der Waals surface area (Å²) in [7, 11) is 0. The number of nitrogens with zero attached hydrogens (tertiary/aromatic N) is 1. The Balaban J connectivity index is 2.41. The normalized spacial score (nSPS) is 23.8. The minimum absolute atomic E-state index is 0.00578. The van der Waals surface area contributed by atoms with E-state index in [1.54, 1.807) is 0 Å². The summed E-state index contributed by atoms with van der Waals surface area (Å²) in [4.78, 5) is 24.5. The molecule has 86 valence electrons. The Morgan fingerprint density at radius 1 is 1.53 bits per heavy atom. The van der Waals surface area contributed by atoms with Crippen molar-refractivity contribution in [3.8, 4) is 0 Å². The van der Waals surface area contributed by atoms with E-state index in [1.807, 2.05) is 13.8 Å². The van der Waals surface area contributed by atoms with E-state index in [-0.39, 0.29) is 23.8 Å². The number of hydrogen-bond acceptors (Lipinski definition) is 3. The summed E-state index contributed by atoms with van der Waals surface area (Å²) in [6.07, 6.45) is 1.53. The van der Waals surface area contributed by atoms with Gasteiger partial charge in [-0.3, -0.25) is 14.5 Å². The fourth-order valence-corrected chi connectivity index (χ4v) is 2.04. The zero-order valence-electron chi connectivity index (χ0n) is 9.75. The van der Waals surface area contributed by atoms with Crippen LogP contribution in [0.25, 0.3) is 0 Å². The van der Waals surface area contributed by atoms with Crippen molar-refractivity contribution >= 4 is 11.7 Å². The molecule has 1 fully saturated rings. The summed E-state index contributed by atoms with van der Waals surface area (Å²) in [5.41, 5.74) is 0. The molecule has 0 saturated carbocycles. The lowest BCUT2D eigenvalue weighted by atomic mass is 10.1. The monoisotopic (exact) mass is 212 g/mol. The van der Waals surface area contributed by atoms with Crippen LogP contribution < -0.4 is 5.32 Å². The summed E-state index contributed by atoms with van der Waals surface area (Å²) < 4.78 is 0. The fourth-order valence-electron chi connectivity index (χ4n) is 2.04. The van der Waals surface area contributed by atoms with Crippen molar-refractivity contribution in [3.63, 3.8) is 0 Å². The summed E-state index contributed by atoms with van der Waals surface area (Å²) in [5.74, 6) is 0.287. The van der Waals surface area contributed by atoms with Crippen LogP contribution in [0.2, 0.25) is 0 Å². The molecule has 4 heteroatoms. The van der Waals surface area contributed by atoms with E-state index in [9.17, 15) is 9.59 Å². The lowest BCUT2D eigenvalue weighted by Crippen LogP contribution is -2.40. The molecular weight excluding hydrogens is 192 g/mol. The third-order valence-corrected chi connectivity index (χ3v) is 2.99. The predicted molar refractivity (Wildman–Crippen MR) is 58.6 cm³/mol. The molecule has 1 rings (SSSR count). The second-order valence-electron chi connectivity index (χ2n) is 4.18. The van der Waals surface area contributed by atoms with Crippen molar-refractivity contribution in [1.82, 2.24) is 10.2 Å². The molecule has 1 aliphatic rings. The number of Topliss-reactive ketones (excluding diaryl/α,β-unsaturated/α-hetero) is 1. The number of likely N-dealkylation sites (tertiary alicyclic amines) is 1. The number of rotatable bonds is 4. The van der Waals surface area contributed by atoms with Crippen LogP contribution >= 0.6 is 0 Å². The molecule has 1 N–H and O–H groups in total. The molecule has 0 aromatic heterocycles.